The zero-order valence-electron chi connectivity index (χ0n) is 14.8. The average Bonchev–Trinajstić information content (AvgIpc) is 3.06. The second kappa shape index (κ2) is 7.70. The van der Waals surface area contributed by atoms with Crippen molar-refractivity contribution in [1.82, 2.24) is 0 Å². The number of anilines is 1. The number of benzene rings is 3. The minimum Gasteiger partial charge on any atom is -0.330 e. The van der Waals surface area contributed by atoms with Crippen LogP contribution in [0.3, 0.4) is 0 Å². The first kappa shape index (κ1) is 18.0. The molecule has 1 aliphatic heterocycles. The Kier molecular flexibility index (Phi) is 4.95. The van der Waals surface area contributed by atoms with Crippen LogP contribution in [0.5, 0.6) is 0 Å². The van der Waals surface area contributed by atoms with Gasteiger partial charge in [0.05, 0.1) is 15.6 Å². The van der Waals surface area contributed by atoms with Crippen LogP contribution in [-0.2, 0) is 6.54 Å². The maximum absolute atomic E-state index is 12.8. The summed E-state index contributed by atoms with van der Waals surface area (Å²) in [5.41, 5.74) is 2.40. The van der Waals surface area contributed by atoms with Gasteiger partial charge in [-0.15, -0.1) is 0 Å². The third-order valence-electron chi connectivity index (χ3n) is 4.42. The van der Waals surface area contributed by atoms with Crippen molar-refractivity contribution < 1.29 is 9.72 Å². The van der Waals surface area contributed by atoms with Gasteiger partial charge in [-0.3, -0.25) is 14.9 Å². The number of carbonyl (C=O) groups excluding carboxylic acids is 1. The molecule has 3 aromatic rings. The molecule has 0 N–H and O–H groups in total. The molecule has 1 heterocycles. The number of nitro benzene ring substituents is 1. The number of non-ortho nitro benzene ring substituents is 1. The zero-order chi connectivity index (χ0) is 19.5. The van der Waals surface area contributed by atoms with E-state index in [1.807, 2.05) is 54.6 Å². The van der Waals surface area contributed by atoms with Gasteiger partial charge in [0, 0.05) is 35.2 Å². The van der Waals surface area contributed by atoms with Crippen molar-refractivity contribution in [2.75, 3.05) is 4.90 Å². The van der Waals surface area contributed by atoms with Gasteiger partial charge in [-0.2, -0.15) is 0 Å². The van der Waals surface area contributed by atoms with Gasteiger partial charge in [0.25, 0.3) is 5.69 Å². The quantitative estimate of drug-likeness (QED) is 0.252. The second-order valence-electron chi connectivity index (χ2n) is 6.30. The van der Waals surface area contributed by atoms with E-state index in [4.69, 9.17) is 0 Å². The first-order valence-corrected chi connectivity index (χ1v) is 9.52. The van der Waals surface area contributed by atoms with Gasteiger partial charge in [0.15, 0.2) is 5.78 Å². The van der Waals surface area contributed by atoms with Crippen molar-refractivity contribution in [2.24, 2.45) is 0 Å². The summed E-state index contributed by atoms with van der Waals surface area (Å²) >= 11 is 1.53. The van der Waals surface area contributed by atoms with Crippen LogP contribution in [0.2, 0.25) is 0 Å². The molecule has 28 heavy (non-hydrogen) atoms. The van der Waals surface area contributed by atoms with Crippen LogP contribution in [0.4, 0.5) is 11.4 Å². The van der Waals surface area contributed by atoms with Gasteiger partial charge in [-0.25, -0.2) is 0 Å². The van der Waals surface area contributed by atoms with Crippen molar-refractivity contribution in [3.05, 3.63) is 111 Å². The number of ketones is 1. The fraction of sp³-hybridized carbons (Fsp3) is 0.0455. The van der Waals surface area contributed by atoms with Gasteiger partial charge >= 0.3 is 0 Å². The van der Waals surface area contributed by atoms with E-state index in [2.05, 4.69) is 4.90 Å². The van der Waals surface area contributed by atoms with Crippen LogP contribution < -0.4 is 4.90 Å². The predicted octanol–water partition coefficient (Wildman–Crippen LogP) is 5.43. The van der Waals surface area contributed by atoms with E-state index in [-0.39, 0.29) is 11.5 Å². The lowest BCUT2D eigenvalue weighted by molar-refractivity contribution is -0.384. The van der Waals surface area contributed by atoms with Gasteiger partial charge < -0.3 is 4.90 Å². The maximum atomic E-state index is 12.8. The normalized spacial score (nSPS) is 14.1. The van der Waals surface area contributed by atoms with Crippen LogP contribution in [0.1, 0.15) is 15.9 Å². The topological polar surface area (TPSA) is 63.5 Å². The fourth-order valence-electron chi connectivity index (χ4n) is 3.06. The number of thioether (sulfide) groups is 1. The number of rotatable bonds is 5. The van der Waals surface area contributed by atoms with Gasteiger partial charge in [-0.1, -0.05) is 66.4 Å². The first-order chi connectivity index (χ1) is 13.6. The average molecular weight is 388 g/mol. The Morgan fingerprint density at radius 2 is 1.75 bits per heavy atom. The molecule has 0 aliphatic carbocycles. The Morgan fingerprint density at radius 1 is 1.00 bits per heavy atom. The highest BCUT2D eigenvalue weighted by atomic mass is 32.2. The molecule has 0 fully saturated rings. The molecule has 0 amide bonds. The molecule has 0 saturated carbocycles. The molecule has 0 bridgehead atoms. The van der Waals surface area contributed by atoms with E-state index in [0.717, 1.165) is 21.2 Å². The van der Waals surface area contributed by atoms with Crippen LogP contribution in [-0.4, -0.2) is 10.7 Å². The minimum atomic E-state index is -0.494. The molecule has 1 aliphatic rings. The lowest BCUT2D eigenvalue weighted by Gasteiger charge is -2.20. The summed E-state index contributed by atoms with van der Waals surface area (Å²) in [6, 6.07) is 23.9. The Morgan fingerprint density at radius 3 is 2.54 bits per heavy atom. The van der Waals surface area contributed by atoms with Crippen molar-refractivity contribution in [2.45, 2.75) is 11.4 Å². The molecule has 4 rings (SSSR count). The molecule has 0 aromatic heterocycles. The first-order valence-electron chi connectivity index (χ1n) is 8.70. The zero-order valence-corrected chi connectivity index (χ0v) is 15.6. The van der Waals surface area contributed by atoms with Crippen molar-refractivity contribution >= 4 is 28.9 Å². The number of carbonyl (C=O) groups is 1. The molecule has 0 saturated heterocycles. The number of para-hydroxylation sites is 1. The highest BCUT2D eigenvalue weighted by Crippen LogP contribution is 2.46. The Labute approximate surface area is 166 Å². The highest BCUT2D eigenvalue weighted by Gasteiger charge is 2.26. The number of hydrogen-bond acceptors (Lipinski definition) is 5. The number of nitrogens with zero attached hydrogens (tertiary/aromatic N) is 2. The molecule has 0 unspecified atom stereocenters. The summed E-state index contributed by atoms with van der Waals surface area (Å²) in [4.78, 5) is 26.5. The summed E-state index contributed by atoms with van der Waals surface area (Å²) in [5, 5.41) is 11.8. The highest BCUT2D eigenvalue weighted by molar-refractivity contribution is 8.03. The van der Waals surface area contributed by atoms with Crippen molar-refractivity contribution in [1.29, 1.82) is 0 Å². The van der Waals surface area contributed by atoms with E-state index in [1.54, 1.807) is 12.1 Å². The van der Waals surface area contributed by atoms with Crippen LogP contribution >= 0.6 is 11.8 Å². The van der Waals surface area contributed by atoms with Crippen LogP contribution in [0.25, 0.3) is 0 Å². The monoisotopic (exact) mass is 388 g/mol. The number of allylic oxidation sites excluding steroid dienone is 1. The lowest BCUT2D eigenvalue weighted by atomic mass is 10.1. The van der Waals surface area contributed by atoms with Crippen LogP contribution in [0.15, 0.2) is 94.9 Å². The van der Waals surface area contributed by atoms with E-state index in [1.165, 1.54) is 30.0 Å². The lowest BCUT2D eigenvalue weighted by Crippen LogP contribution is -2.17. The largest absolute Gasteiger partial charge is 0.330 e. The Bertz CT molecular complexity index is 1080. The predicted molar refractivity (Wildman–Crippen MR) is 110 cm³/mol. The van der Waals surface area contributed by atoms with Crippen LogP contribution in [0, 0.1) is 10.1 Å². The molecule has 0 atom stereocenters. The SMILES string of the molecule is O=C(C=C1Sc2ccccc2N1Cc1ccccc1)c1cccc([N+](=O)[O-])c1. The van der Waals surface area contributed by atoms with E-state index in [9.17, 15) is 14.9 Å². The smallest absolute Gasteiger partial charge is 0.270 e. The molecule has 5 nitrogen and oxygen atoms in total. The van der Waals surface area contributed by atoms with Crippen molar-refractivity contribution in [3.8, 4) is 0 Å². The molecular weight excluding hydrogens is 372 g/mol. The van der Waals surface area contributed by atoms with E-state index >= 15 is 0 Å². The minimum absolute atomic E-state index is 0.0900. The van der Waals surface area contributed by atoms with E-state index < -0.39 is 4.92 Å². The van der Waals surface area contributed by atoms with E-state index in [0.29, 0.717) is 12.1 Å². The maximum Gasteiger partial charge on any atom is 0.270 e. The summed E-state index contributed by atoms with van der Waals surface area (Å²) in [5.74, 6) is -0.253. The fourth-order valence-corrected chi connectivity index (χ4v) is 4.15. The van der Waals surface area contributed by atoms with Crippen molar-refractivity contribution in [3.63, 3.8) is 0 Å². The number of fused-ring (bicyclic) bond motifs is 1. The Balaban J connectivity index is 1.68. The molecule has 0 spiro atoms. The summed E-state index contributed by atoms with van der Waals surface area (Å²) in [6.45, 7) is 0.638. The molecule has 138 valence electrons. The standard InChI is InChI=1S/C22H16N2O3S/c25-20(17-9-6-10-18(13-17)24(26)27)14-22-23(15-16-7-2-1-3-8-16)19-11-4-5-12-21(19)28-22/h1-14H,15H2. The van der Waals surface area contributed by atoms with Gasteiger partial charge in [0.2, 0.25) is 0 Å². The number of hydrogen-bond donors (Lipinski definition) is 0. The summed E-state index contributed by atoms with van der Waals surface area (Å²) in [7, 11) is 0. The molecule has 3 aromatic carbocycles. The second-order valence-corrected chi connectivity index (χ2v) is 7.36. The van der Waals surface area contributed by atoms with Gasteiger partial charge in [0.1, 0.15) is 0 Å². The summed E-state index contributed by atoms with van der Waals surface area (Å²) in [6.07, 6.45) is 1.56. The Hall–Kier alpha value is -3.38. The number of nitro groups is 1. The molecule has 0 radical (unpaired) electrons. The molecular formula is C22H16N2O3S. The third-order valence-corrected chi connectivity index (χ3v) is 5.53. The third kappa shape index (κ3) is 3.68. The van der Waals surface area contributed by atoms with Gasteiger partial charge in [-0.05, 0) is 17.7 Å². The molecule has 6 heteroatoms. The summed E-state index contributed by atoms with van der Waals surface area (Å²) < 4.78 is 0.